The number of carbonyl (C=O) groups excluding carboxylic acids is 2. The summed E-state index contributed by atoms with van der Waals surface area (Å²) in [5, 5.41) is 0.282. The Morgan fingerprint density at radius 2 is 2.10 bits per heavy atom. The number of pyridine rings is 1. The number of hydrogen-bond donors (Lipinski definition) is 0. The van der Waals surface area contributed by atoms with Gasteiger partial charge in [0.1, 0.15) is 5.15 Å². The van der Waals surface area contributed by atoms with E-state index in [0.29, 0.717) is 18.5 Å². The highest BCUT2D eigenvalue weighted by atomic mass is 35.5. The second-order valence-electron chi connectivity index (χ2n) is 6.60. The van der Waals surface area contributed by atoms with Crippen LogP contribution in [0.4, 0.5) is 0 Å². The standard InChI is InChI=1S/C16H21ClN2O2/c1-5-10-6-14(20)19(9-10)15(21)11-7-12(16(2,3)4)18-13(17)8-11/h7-8,10H,5-6,9H2,1-4H3. The van der Waals surface area contributed by atoms with Crippen LogP contribution in [0.3, 0.4) is 0 Å². The first-order valence-corrected chi connectivity index (χ1v) is 7.63. The highest BCUT2D eigenvalue weighted by Gasteiger charge is 2.34. The highest BCUT2D eigenvalue weighted by Crippen LogP contribution is 2.26. The molecule has 1 aliphatic rings. The number of imide groups is 1. The summed E-state index contributed by atoms with van der Waals surface area (Å²) < 4.78 is 0. The molecule has 1 aromatic rings. The lowest BCUT2D eigenvalue weighted by atomic mass is 9.91. The van der Waals surface area contributed by atoms with Gasteiger partial charge in [-0.15, -0.1) is 0 Å². The number of likely N-dealkylation sites (tertiary alicyclic amines) is 1. The molecule has 2 amide bonds. The van der Waals surface area contributed by atoms with Gasteiger partial charge in [-0.3, -0.25) is 14.5 Å². The van der Waals surface area contributed by atoms with Gasteiger partial charge >= 0.3 is 0 Å². The minimum absolute atomic E-state index is 0.0999. The quantitative estimate of drug-likeness (QED) is 0.621. The molecule has 21 heavy (non-hydrogen) atoms. The molecule has 0 aromatic carbocycles. The number of nitrogens with zero attached hydrogens (tertiary/aromatic N) is 2. The van der Waals surface area contributed by atoms with Crippen LogP contribution in [0.1, 0.15) is 56.6 Å². The number of carbonyl (C=O) groups is 2. The van der Waals surface area contributed by atoms with Crippen molar-refractivity contribution in [2.24, 2.45) is 5.92 Å². The molecule has 0 aliphatic carbocycles. The molecule has 1 saturated heterocycles. The third-order valence-corrected chi connectivity index (χ3v) is 4.03. The molecule has 1 aliphatic heterocycles. The number of amides is 2. The molecular weight excluding hydrogens is 288 g/mol. The molecule has 2 heterocycles. The Bertz CT molecular complexity index is 578. The predicted molar refractivity (Wildman–Crippen MR) is 82.4 cm³/mol. The van der Waals surface area contributed by atoms with Crippen LogP contribution in [-0.4, -0.2) is 28.2 Å². The van der Waals surface area contributed by atoms with Gasteiger partial charge in [-0.2, -0.15) is 0 Å². The molecule has 0 saturated carbocycles. The van der Waals surface area contributed by atoms with Crippen molar-refractivity contribution >= 4 is 23.4 Å². The number of aromatic nitrogens is 1. The largest absolute Gasteiger partial charge is 0.278 e. The number of rotatable bonds is 2. The maximum absolute atomic E-state index is 12.6. The summed E-state index contributed by atoms with van der Waals surface area (Å²) in [6, 6.07) is 3.27. The molecule has 1 atom stereocenters. The number of hydrogen-bond acceptors (Lipinski definition) is 3. The second-order valence-corrected chi connectivity index (χ2v) is 6.99. The highest BCUT2D eigenvalue weighted by molar-refractivity contribution is 6.29. The summed E-state index contributed by atoms with van der Waals surface area (Å²) in [4.78, 5) is 30.2. The van der Waals surface area contributed by atoms with Crippen molar-refractivity contribution < 1.29 is 9.59 Å². The summed E-state index contributed by atoms with van der Waals surface area (Å²) >= 11 is 6.03. The third kappa shape index (κ3) is 3.43. The molecule has 1 aromatic heterocycles. The molecule has 0 N–H and O–H groups in total. The van der Waals surface area contributed by atoms with E-state index in [1.54, 1.807) is 6.07 Å². The van der Waals surface area contributed by atoms with E-state index >= 15 is 0 Å². The summed E-state index contributed by atoms with van der Waals surface area (Å²) in [5.41, 5.74) is 0.975. The van der Waals surface area contributed by atoms with Crippen LogP contribution in [0.15, 0.2) is 12.1 Å². The fourth-order valence-corrected chi connectivity index (χ4v) is 2.62. The molecule has 2 rings (SSSR count). The van der Waals surface area contributed by atoms with E-state index in [1.807, 2.05) is 27.7 Å². The Morgan fingerprint density at radius 1 is 1.43 bits per heavy atom. The Labute approximate surface area is 130 Å². The van der Waals surface area contributed by atoms with E-state index in [9.17, 15) is 9.59 Å². The fraction of sp³-hybridized carbons (Fsp3) is 0.562. The van der Waals surface area contributed by atoms with Crippen LogP contribution in [-0.2, 0) is 10.2 Å². The van der Waals surface area contributed by atoms with E-state index in [2.05, 4.69) is 4.98 Å². The van der Waals surface area contributed by atoms with Crippen LogP contribution in [0.5, 0.6) is 0 Å². The van der Waals surface area contributed by atoms with Crippen LogP contribution in [0, 0.1) is 5.92 Å². The minimum Gasteiger partial charge on any atom is -0.278 e. The lowest BCUT2D eigenvalue weighted by Gasteiger charge is -2.20. The average Bonchev–Trinajstić information content (AvgIpc) is 2.77. The minimum atomic E-state index is -0.272. The second kappa shape index (κ2) is 5.76. The van der Waals surface area contributed by atoms with Crippen LogP contribution >= 0.6 is 11.6 Å². The zero-order chi connectivity index (χ0) is 15.8. The van der Waals surface area contributed by atoms with Crippen LogP contribution in [0.25, 0.3) is 0 Å². The first-order valence-electron chi connectivity index (χ1n) is 7.25. The van der Waals surface area contributed by atoms with Gasteiger partial charge in [-0.25, -0.2) is 4.98 Å². The van der Waals surface area contributed by atoms with Gasteiger partial charge in [0.2, 0.25) is 5.91 Å². The molecule has 114 valence electrons. The van der Waals surface area contributed by atoms with Crippen molar-refractivity contribution in [3.8, 4) is 0 Å². The smallest absolute Gasteiger partial charge is 0.260 e. The van der Waals surface area contributed by atoms with Crippen molar-refractivity contribution in [3.05, 3.63) is 28.5 Å². The summed E-state index contributed by atoms with van der Waals surface area (Å²) in [5.74, 6) is -0.108. The number of halogens is 1. The van der Waals surface area contributed by atoms with Crippen LogP contribution in [0.2, 0.25) is 5.15 Å². The molecular formula is C16H21ClN2O2. The van der Waals surface area contributed by atoms with Gasteiger partial charge in [0.25, 0.3) is 5.91 Å². The third-order valence-electron chi connectivity index (χ3n) is 3.84. The molecule has 1 unspecified atom stereocenters. The predicted octanol–water partition coefficient (Wildman–Crippen LogP) is 3.43. The van der Waals surface area contributed by atoms with E-state index in [1.165, 1.54) is 11.0 Å². The van der Waals surface area contributed by atoms with Crippen molar-refractivity contribution in [2.45, 2.75) is 46.0 Å². The SMILES string of the molecule is CCC1CC(=O)N(C(=O)c2cc(Cl)nc(C(C)(C)C)c2)C1. The molecule has 4 nitrogen and oxygen atoms in total. The topological polar surface area (TPSA) is 50.3 Å². The van der Waals surface area contributed by atoms with Crippen molar-refractivity contribution in [1.82, 2.24) is 9.88 Å². The molecule has 1 fully saturated rings. The molecule has 0 radical (unpaired) electrons. The normalized spacial score (nSPS) is 19.2. The van der Waals surface area contributed by atoms with Gasteiger partial charge < -0.3 is 0 Å². The lowest BCUT2D eigenvalue weighted by Crippen LogP contribution is -2.32. The lowest BCUT2D eigenvalue weighted by molar-refractivity contribution is -0.125. The summed E-state index contributed by atoms with van der Waals surface area (Å²) in [6.07, 6.45) is 1.35. The Morgan fingerprint density at radius 3 is 2.62 bits per heavy atom. The first-order chi connectivity index (χ1) is 9.72. The molecule has 0 bridgehead atoms. The first kappa shape index (κ1) is 16.0. The summed E-state index contributed by atoms with van der Waals surface area (Å²) in [6.45, 7) is 8.56. The van der Waals surface area contributed by atoms with E-state index < -0.39 is 0 Å². The van der Waals surface area contributed by atoms with Gasteiger partial charge in [-0.1, -0.05) is 45.7 Å². The maximum atomic E-state index is 12.6. The zero-order valence-corrected chi connectivity index (χ0v) is 13.7. The van der Waals surface area contributed by atoms with Gasteiger partial charge in [-0.05, 0) is 18.1 Å². The summed E-state index contributed by atoms with van der Waals surface area (Å²) in [7, 11) is 0. The fourth-order valence-electron chi connectivity index (χ4n) is 2.41. The van der Waals surface area contributed by atoms with Crippen molar-refractivity contribution in [2.75, 3.05) is 6.54 Å². The van der Waals surface area contributed by atoms with Gasteiger partial charge in [0.05, 0.1) is 0 Å². The molecule has 5 heteroatoms. The average molecular weight is 309 g/mol. The molecule has 0 spiro atoms. The van der Waals surface area contributed by atoms with Gasteiger partial charge in [0.15, 0.2) is 0 Å². The Kier molecular flexibility index (Phi) is 4.38. The van der Waals surface area contributed by atoms with E-state index in [4.69, 9.17) is 11.6 Å². The Hall–Kier alpha value is -1.42. The van der Waals surface area contributed by atoms with Crippen molar-refractivity contribution in [3.63, 3.8) is 0 Å². The zero-order valence-electron chi connectivity index (χ0n) is 12.9. The Balaban J connectivity index is 2.32. The van der Waals surface area contributed by atoms with Gasteiger partial charge in [0, 0.05) is 29.6 Å². The van der Waals surface area contributed by atoms with E-state index in [0.717, 1.165) is 12.1 Å². The maximum Gasteiger partial charge on any atom is 0.260 e. The van der Waals surface area contributed by atoms with Crippen molar-refractivity contribution in [1.29, 1.82) is 0 Å². The monoisotopic (exact) mass is 308 g/mol. The van der Waals surface area contributed by atoms with E-state index in [-0.39, 0.29) is 28.3 Å². The van der Waals surface area contributed by atoms with Crippen LogP contribution < -0.4 is 0 Å².